The molecule has 2 fully saturated rings. The Morgan fingerprint density at radius 1 is 1.38 bits per heavy atom. The molecule has 0 bridgehead atoms. The molecule has 0 amide bonds. The Hall–Kier alpha value is -1.71. The molecule has 8 nitrogen and oxygen atoms in total. The molecule has 1 saturated heterocycles. The van der Waals surface area contributed by atoms with Gasteiger partial charge < -0.3 is 14.6 Å². The van der Waals surface area contributed by atoms with E-state index in [9.17, 15) is 8.42 Å². The minimum Gasteiger partial charge on any atom is -0.376 e. The van der Waals surface area contributed by atoms with Crippen molar-refractivity contribution in [2.75, 3.05) is 37.9 Å². The van der Waals surface area contributed by atoms with E-state index in [4.69, 9.17) is 4.74 Å². The highest BCUT2D eigenvalue weighted by Gasteiger charge is 2.46. The molecular weight excluding hydrogens is 354 g/mol. The highest BCUT2D eigenvalue weighted by Crippen LogP contribution is 2.37. The van der Waals surface area contributed by atoms with Gasteiger partial charge in [-0.05, 0) is 31.7 Å². The molecule has 0 spiro atoms. The first-order chi connectivity index (χ1) is 12.3. The van der Waals surface area contributed by atoms with E-state index in [2.05, 4.69) is 19.9 Å². The van der Waals surface area contributed by atoms with Crippen molar-refractivity contribution in [1.29, 1.82) is 0 Å². The van der Waals surface area contributed by atoms with E-state index in [1.807, 2.05) is 26.2 Å². The molecule has 0 aromatic carbocycles. The van der Waals surface area contributed by atoms with E-state index in [-0.39, 0.29) is 17.3 Å². The first-order valence-electron chi connectivity index (χ1n) is 8.85. The number of hydrogen-bond donors (Lipinski definition) is 1. The minimum absolute atomic E-state index is 0.199. The fourth-order valence-electron chi connectivity index (χ4n) is 3.89. The average molecular weight is 379 g/mol. The van der Waals surface area contributed by atoms with E-state index >= 15 is 0 Å². The van der Waals surface area contributed by atoms with Crippen LogP contribution in [0.1, 0.15) is 19.8 Å². The van der Waals surface area contributed by atoms with Gasteiger partial charge in [0.15, 0.2) is 0 Å². The maximum atomic E-state index is 12.5. The summed E-state index contributed by atoms with van der Waals surface area (Å²) in [6, 6.07) is 2.28. The van der Waals surface area contributed by atoms with Crippen LogP contribution in [0.5, 0.6) is 0 Å². The quantitative estimate of drug-likeness (QED) is 0.812. The van der Waals surface area contributed by atoms with Gasteiger partial charge in [0.1, 0.15) is 17.8 Å². The molecule has 2 aromatic heterocycles. The van der Waals surface area contributed by atoms with Gasteiger partial charge in [-0.1, -0.05) is 0 Å². The summed E-state index contributed by atoms with van der Waals surface area (Å²) in [6.07, 6.45) is 5.14. The topological polar surface area (TPSA) is 91.4 Å². The van der Waals surface area contributed by atoms with Crippen LogP contribution < -0.4 is 4.90 Å². The first-order valence-corrected chi connectivity index (χ1v) is 10.5. The summed E-state index contributed by atoms with van der Waals surface area (Å²) in [5, 5.41) is 0.991. The maximum absolute atomic E-state index is 12.5. The van der Waals surface area contributed by atoms with Gasteiger partial charge >= 0.3 is 0 Å². The monoisotopic (exact) mass is 379 g/mol. The van der Waals surface area contributed by atoms with Crippen LogP contribution >= 0.6 is 0 Å². The molecule has 1 aliphatic heterocycles. The lowest BCUT2D eigenvalue weighted by Gasteiger charge is -2.47. The predicted molar refractivity (Wildman–Crippen MR) is 99.6 cm³/mol. The number of ether oxygens (including phenoxy) is 1. The largest absolute Gasteiger partial charge is 0.376 e. The second-order valence-corrected chi connectivity index (χ2v) is 9.75. The van der Waals surface area contributed by atoms with Crippen LogP contribution in [-0.2, 0) is 14.8 Å². The van der Waals surface area contributed by atoms with Crippen LogP contribution in [0.25, 0.3) is 11.0 Å². The number of aromatic nitrogens is 3. The second kappa shape index (κ2) is 6.17. The minimum atomic E-state index is -3.20. The van der Waals surface area contributed by atoms with Gasteiger partial charge in [-0.15, -0.1) is 0 Å². The number of rotatable bonds is 6. The van der Waals surface area contributed by atoms with Crippen molar-refractivity contribution in [3.05, 3.63) is 18.6 Å². The highest BCUT2D eigenvalue weighted by molar-refractivity contribution is 7.89. The van der Waals surface area contributed by atoms with Gasteiger partial charge in [-0.2, -0.15) is 4.31 Å². The molecule has 2 aliphatic rings. The molecule has 1 N–H and O–H groups in total. The van der Waals surface area contributed by atoms with Crippen molar-refractivity contribution in [2.45, 2.75) is 31.4 Å². The third-order valence-corrected chi connectivity index (χ3v) is 7.72. The Bertz CT molecular complexity index is 900. The lowest BCUT2D eigenvalue weighted by atomic mass is 9.81. The van der Waals surface area contributed by atoms with Crippen LogP contribution in [-0.4, -0.2) is 72.3 Å². The van der Waals surface area contributed by atoms with Gasteiger partial charge in [0.2, 0.25) is 10.0 Å². The number of aromatic amines is 1. The summed E-state index contributed by atoms with van der Waals surface area (Å²) in [5.74, 6) is 1.31. The zero-order valence-corrected chi connectivity index (χ0v) is 16.2. The van der Waals surface area contributed by atoms with Crippen molar-refractivity contribution >= 4 is 26.9 Å². The van der Waals surface area contributed by atoms with Crippen molar-refractivity contribution in [2.24, 2.45) is 5.92 Å². The van der Waals surface area contributed by atoms with Gasteiger partial charge in [0.05, 0.1) is 16.7 Å². The summed E-state index contributed by atoms with van der Waals surface area (Å²) in [5.41, 5.74) is 0.490. The SMILES string of the molecule is COC1(C)CN(S(=O)(=O)CC2CC(N(C)c3ncnc4[nH]ccc34)C2)C1. The molecule has 9 heteroatoms. The van der Waals surface area contributed by atoms with E-state index in [1.54, 1.807) is 17.7 Å². The summed E-state index contributed by atoms with van der Waals surface area (Å²) in [4.78, 5) is 13.9. The first kappa shape index (κ1) is 17.7. The summed E-state index contributed by atoms with van der Waals surface area (Å²) >= 11 is 0. The summed E-state index contributed by atoms with van der Waals surface area (Å²) in [6.45, 7) is 2.85. The highest BCUT2D eigenvalue weighted by atomic mass is 32.2. The van der Waals surface area contributed by atoms with E-state index in [0.717, 1.165) is 29.7 Å². The van der Waals surface area contributed by atoms with E-state index in [1.165, 1.54) is 0 Å². The average Bonchev–Trinajstić information content (AvgIpc) is 3.02. The molecule has 4 rings (SSSR count). The Balaban J connectivity index is 1.35. The van der Waals surface area contributed by atoms with Crippen molar-refractivity contribution in [3.8, 4) is 0 Å². The number of H-pyrrole nitrogens is 1. The second-order valence-electron chi connectivity index (χ2n) is 7.74. The molecule has 26 heavy (non-hydrogen) atoms. The third-order valence-electron chi connectivity index (χ3n) is 5.78. The fraction of sp³-hybridized carbons (Fsp3) is 0.647. The number of methoxy groups -OCH3 is 1. The number of fused-ring (bicyclic) bond motifs is 1. The van der Waals surface area contributed by atoms with Crippen LogP contribution in [0.3, 0.4) is 0 Å². The van der Waals surface area contributed by atoms with Crippen LogP contribution in [0, 0.1) is 5.92 Å². The van der Waals surface area contributed by atoms with Crippen molar-refractivity contribution < 1.29 is 13.2 Å². The normalized spacial score (nSPS) is 25.7. The zero-order chi connectivity index (χ0) is 18.5. The number of sulfonamides is 1. The molecule has 142 valence electrons. The standard InChI is InChI=1S/C17H25N5O3S/c1-17(25-3)9-22(10-17)26(23,24)8-12-6-13(7-12)21(2)16-14-4-5-18-15(14)19-11-20-16/h4-5,11-13H,6-10H2,1-3H3,(H,18,19,20). The zero-order valence-electron chi connectivity index (χ0n) is 15.3. The molecule has 0 radical (unpaired) electrons. The Morgan fingerprint density at radius 3 is 2.81 bits per heavy atom. The van der Waals surface area contributed by atoms with E-state index in [0.29, 0.717) is 19.1 Å². The lowest BCUT2D eigenvalue weighted by Crippen LogP contribution is -2.63. The van der Waals surface area contributed by atoms with Gasteiger partial charge in [-0.3, -0.25) is 0 Å². The smallest absolute Gasteiger partial charge is 0.214 e. The molecule has 2 aromatic rings. The fourth-order valence-corrected chi connectivity index (χ4v) is 5.91. The predicted octanol–water partition coefficient (Wildman–Crippen LogP) is 1.22. The van der Waals surface area contributed by atoms with Gasteiger partial charge in [0, 0.05) is 39.5 Å². The molecular formula is C17H25N5O3S. The molecule has 0 unspecified atom stereocenters. The number of anilines is 1. The van der Waals surface area contributed by atoms with Crippen molar-refractivity contribution in [3.63, 3.8) is 0 Å². The lowest BCUT2D eigenvalue weighted by molar-refractivity contribution is -0.0770. The molecule has 1 aliphatic carbocycles. The molecule has 1 saturated carbocycles. The van der Waals surface area contributed by atoms with E-state index < -0.39 is 10.0 Å². The third kappa shape index (κ3) is 2.97. The summed E-state index contributed by atoms with van der Waals surface area (Å²) < 4.78 is 32.0. The summed E-state index contributed by atoms with van der Waals surface area (Å²) in [7, 11) is 0.447. The van der Waals surface area contributed by atoms with Crippen LogP contribution in [0.2, 0.25) is 0 Å². The Kier molecular flexibility index (Phi) is 4.20. The number of nitrogens with zero attached hydrogens (tertiary/aromatic N) is 4. The molecule has 3 heterocycles. The van der Waals surface area contributed by atoms with Crippen molar-refractivity contribution in [1.82, 2.24) is 19.3 Å². The Morgan fingerprint density at radius 2 is 2.12 bits per heavy atom. The van der Waals surface area contributed by atoms with Gasteiger partial charge in [-0.25, -0.2) is 18.4 Å². The molecule has 0 atom stereocenters. The van der Waals surface area contributed by atoms with Gasteiger partial charge in [0.25, 0.3) is 0 Å². The maximum Gasteiger partial charge on any atom is 0.214 e. The van der Waals surface area contributed by atoms with Crippen LogP contribution in [0.4, 0.5) is 5.82 Å². The Labute approximate surface area is 153 Å². The number of nitrogens with one attached hydrogen (secondary N) is 1. The number of hydrogen-bond acceptors (Lipinski definition) is 6. The van der Waals surface area contributed by atoms with Crippen LogP contribution in [0.15, 0.2) is 18.6 Å².